The summed E-state index contributed by atoms with van der Waals surface area (Å²) in [6.45, 7) is 5.99. The lowest BCUT2D eigenvalue weighted by Crippen LogP contribution is -2.38. The number of carbonyl (C=O) groups excluding carboxylic acids is 2. The number of ether oxygens (including phenoxy) is 1. The van der Waals surface area contributed by atoms with E-state index in [4.69, 9.17) is 4.74 Å². The molecule has 0 N–H and O–H groups in total. The number of rotatable bonds is 7. The Hall–Kier alpha value is -2.04. The van der Waals surface area contributed by atoms with E-state index in [0.717, 1.165) is 12.8 Å². The summed E-state index contributed by atoms with van der Waals surface area (Å²) < 4.78 is 6.94. The fourth-order valence-electron chi connectivity index (χ4n) is 2.46. The first-order valence-electron chi connectivity index (χ1n) is 7.40. The van der Waals surface area contributed by atoms with Gasteiger partial charge < -0.3 is 14.2 Å². The number of esters is 1. The van der Waals surface area contributed by atoms with E-state index in [1.807, 2.05) is 22.9 Å². The first kappa shape index (κ1) is 15.4. The van der Waals surface area contributed by atoms with Crippen LogP contribution in [0.5, 0.6) is 0 Å². The molecule has 0 bridgehead atoms. The van der Waals surface area contributed by atoms with Gasteiger partial charge in [-0.2, -0.15) is 0 Å². The van der Waals surface area contributed by atoms with Crippen molar-refractivity contribution in [2.45, 2.75) is 32.2 Å². The van der Waals surface area contributed by atoms with Crippen molar-refractivity contribution >= 4 is 11.9 Å². The third-order valence-electron chi connectivity index (χ3n) is 3.73. The lowest BCUT2D eigenvalue weighted by atomic mass is 9.93. The molecule has 1 aliphatic rings. The van der Waals surface area contributed by atoms with Gasteiger partial charge in [-0.3, -0.25) is 9.59 Å². The van der Waals surface area contributed by atoms with Gasteiger partial charge in [0.05, 0.1) is 6.61 Å². The van der Waals surface area contributed by atoms with E-state index >= 15 is 0 Å². The number of aromatic nitrogens is 1. The molecule has 0 aromatic carbocycles. The lowest BCUT2D eigenvalue weighted by Gasteiger charge is -2.30. The molecule has 5 nitrogen and oxygen atoms in total. The molecular weight excluding hydrogens is 268 g/mol. The smallest absolute Gasteiger partial charge is 0.325 e. The maximum atomic E-state index is 12.7. The fourth-order valence-corrected chi connectivity index (χ4v) is 2.46. The van der Waals surface area contributed by atoms with Crippen molar-refractivity contribution in [1.82, 2.24) is 9.47 Å². The van der Waals surface area contributed by atoms with Crippen LogP contribution in [0.2, 0.25) is 0 Å². The summed E-state index contributed by atoms with van der Waals surface area (Å²) in [6, 6.07) is 4.09. The summed E-state index contributed by atoms with van der Waals surface area (Å²) in [5.74, 6) is -0.547. The van der Waals surface area contributed by atoms with Gasteiger partial charge in [0.2, 0.25) is 0 Å². The number of carbonyl (C=O) groups is 2. The van der Waals surface area contributed by atoms with Crippen molar-refractivity contribution in [2.75, 3.05) is 19.7 Å². The standard InChI is InChI=1S/C16H22N2O3/c1-3-10-17(12-15(19)21-4-2)16(20)14-9-6-11-18(14)13-7-5-8-13/h3,6,9,11,13H,1,4-5,7-8,10,12H2,2H3. The van der Waals surface area contributed by atoms with Crippen molar-refractivity contribution < 1.29 is 14.3 Å². The van der Waals surface area contributed by atoms with Crippen LogP contribution < -0.4 is 0 Å². The average molecular weight is 290 g/mol. The molecule has 0 atom stereocenters. The highest BCUT2D eigenvalue weighted by Gasteiger charge is 2.26. The molecule has 1 aromatic rings. The van der Waals surface area contributed by atoms with Gasteiger partial charge in [0.15, 0.2) is 0 Å². The van der Waals surface area contributed by atoms with Gasteiger partial charge in [-0.05, 0) is 38.3 Å². The molecule has 1 saturated carbocycles. The number of nitrogens with zero attached hydrogens (tertiary/aromatic N) is 2. The maximum Gasteiger partial charge on any atom is 0.325 e. The quantitative estimate of drug-likeness (QED) is 0.572. The van der Waals surface area contributed by atoms with Crippen molar-refractivity contribution in [3.63, 3.8) is 0 Å². The zero-order chi connectivity index (χ0) is 15.2. The van der Waals surface area contributed by atoms with E-state index < -0.39 is 5.97 Å². The Morgan fingerprint density at radius 2 is 2.29 bits per heavy atom. The second-order valence-corrected chi connectivity index (χ2v) is 5.16. The van der Waals surface area contributed by atoms with Crippen molar-refractivity contribution in [2.24, 2.45) is 0 Å². The minimum Gasteiger partial charge on any atom is -0.465 e. The molecule has 5 heteroatoms. The zero-order valence-electron chi connectivity index (χ0n) is 12.5. The summed E-state index contributed by atoms with van der Waals surface area (Å²) >= 11 is 0. The van der Waals surface area contributed by atoms with Gasteiger partial charge in [0, 0.05) is 18.8 Å². The van der Waals surface area contributed by atoms with E-state index in [1.165, 1.54) is 11.3 Å². The molecular formula is C16H22N2O3. The minimum atomic E-state index is -0.394. The molecule has 1 aromatic heterocycles. The van der Waals surface area contributed by atoms with Crippen molar-refractivity contribution in [3.8, 4) is 0 Å². The van der Waals surface area contributed by atoms with E-state index in [0.29, 0.717) is 24.9 Å². The summed E-state index contributed by atoms with van der Waals surface area (Å²) in [6.07, 6.45) is 6.97. The highest BCUT2D eigenvalue weighted by Crippen LogP contribution is 2.32. The fraction of sp³-hybridized carbons (Fsp3) is 0.500. The van der Waals surface area contributed by atoms with Crippen LogP contribution in [0.1, 0.15) is 42.7 Å². The Morgan fingerprint density at radius 3 is 2.86 bits per heavy atom. The Morgan fingerprint density at radius 1 is 1.52 bits per heavy atom. The highest BCUT2D eigenvalue weighted by molar-refractivity contribution is 5.94. The van der Waals surface area contributed by atoms with E-state index in [9.17, 15) is 9.59 Å². The van der Waals surface area contributed by atoms with Crippen molar-refractivity contribution in [1.29, 1.82) is 0 Å². The molecule has 1 aliphatic carbocycles. The third kappa shape index (κ3) is 3.54. The number of hydrogen-bond acceptors (Lipinski definition) is 3. The topological polar surface area (TPSA) is 51.5 Å². The second-order valence-electron chi connectivity index (χ2n) is 5.16. The van der Waals surface area contributed by atoms with Crippen LogP contribution in [0, 0.1) is 0 Å². The van der Waals surface area contributed by atoms with Gasteiger partial charge in [-0.1, -0.05) is 6.08 Å². The van der Waals surface area contributed by atoms with E-state index in [2.05, 4.69) is 6.58 Å². The molecule has 0 unspecified atom stereocenters. The Labute approximate surface area is 125 Å². The third-order valence-corrected chi connectivity index (χ3v) is 3.73. The van der Waals surface area contributed by atoms with Crippen LogP contribution in [0.25, 0.3) is 0 Å². The van der Waals surface area contributed by atoms with Gasteiger partial charge in [0.1, 0.15) is 12.2 Å². The van der Waals surface area contributed by atoms with Crippen LogP contribution in [-0.2, 0) is 9.53 Å². The van der Waals surface area contributed by atoms with Crippen molar-refractivity contribution in [3.05, 3.63) is 36.7 Å². The Kier molecular flexibility index (Phi) is 5.20. The number of hydrogen-bond donors (Lipinski definition) is 0. The zero-order valence-corrected chi connectivity index (χ0v) is 12.5. The summed E-state index contributed by atoms with van der Waals surface area (Å²) in [5.41, 5.74) is 0.630. The summed E-state index contributed by atoms with van der Waals surface area (Å²) in [7, 11) is 0. The van der Waals surface area contributed by atoms with Gasteiger partial charge in [-0.15, -0.1) is 6.58 Å². The van der Waals surface area contributed by atoms with Gasteiger partial charge >= 0.3 is 5.97 Å². The minimum absolute atomic E-state index is 0.0471. The van der Waals surface area contributed by atoms with Crippen LogP contribution in [-0.4, -0.2) is 41.0 Å². The van der Waals surface area contributed by atoms with E-state index in [-0.39, 0.29) is 12.5 Å². The normalized spacial score (nSPS) is 14.3. The number of amides is 1. The summed E-state index contributed by atoms with van der Waals surface area (Å²) in [4.78, 5) is 25.7. The first-order valence-corrected chi connectivity index (χ1v) is 7.40. The molecule has 0 saturated heterocycles. The molecule has 0 spiro atoms. The van der Waals surface area contributed by atoms with Crippen LogP contribution in [0.3, 0.4) is 0 Å². The highest BCUT2D eigenvalue weighted by atomic mass is 16.5. The summed E-state index contributed by atoms with van der Waals surface area (Å²) in [5, 5.41) is 0. The van der Waals surface area contributed by atoms with E-state index in [1.54, 1.807) is 13.0 Å². The van der Waals surface area contributed by atoms with Crippen LogP contribution in [0.15, 0.2) is 31.0 Å². The predicted molar refractivity (Wildman–Crippen MR) is 80.1 cm³/mol. The second kappa shape index (κ2) is 7.11. The monoisotopic (exact) mass is 290 g/mol. The molecule has 114 valence electrons. The maximum absolute atomic E-state index is 12.7. The molecule has 2 rings (SSSR count). The molecule has 1 fully saturated rings. The molecule has 0 aliphatic heterocycles. The largest absolute Gasteiger partial charge is 0.465 e. The lowest BCUT2D eigenvalue weighted by molar-refractivity contribution is -0.143. The van der Waals surface area contributed by atoms with Gasteiger partial charge in [-0.25, -0.2) is 0 Å². The predicted octanol–water partition coefficient (Wildman–Crippen LogP) is 2.40. The van der Waals surface area contributed by atoms with Gasteiger partial charge in [0.25, 0.3) is 5.91 Å². The molecule has 1 heterocycles. The first-order chi connectivity index (χ1) is 10.2. The molecule has 1 amide bonds. The average Bonchev–Trinajstić information content (AvgIpc) is 2.84. The molecule has 21 heavy (non-hydrogen) atoms. The Bertz CT molecular complexity index is 517. The van der Waals surface area contributed by atoms with Crippen LogP contribution >= 0.6 is 0 Å². The molecule has 0 radical (unpaired) electrons. The SMILES string of the molecule is C=CCN(CC(=O)OCC)C(=O)c1cccn1C1CCC1. The van der Waals surface area contributed by atoms with Crippen LogP contribution in [0.4, 0.5) is 0 Å². The Balaban J connectivity index is 2.12.